The summed E-state index contributed by atoms with van der Waals surface area (Å²) in [6.45, 7) is 4.95. The van der Waals surface area contributed by atoms with Crippen molar-refractivity contribution in [2.24, 2.45) is 7.05 Å². The highest BCUT2D eigenvalue weighted by molar-refractivity contribution is 6.02. The molecule has 2 amide bonds. The van der Waals surface area contributed by atoms with Crippen LogP contribution < -0.4 is 24.8 Å². The molecule has 14 nitrogen and oxygen atoms in total. The lowest BCUT2D eigenvalue weighted by Crippen LogP contribution is -2.33. The minimum atomic E-state index is -0.689. The van der Waals surface area contributed by atoms with E-state index in [1.807, 2.05) is 50.2 Å². The highest BCUT2D eigenvalue weighted by Gasteiger charge is 2.31. The molecule has 6 rings (SSSR count). The van der Waals surface area contributed by atoms with Crippen LogP contribution in [0.5, 0.6) is 23.1 Å². The number of hydrogen-bond donors (Lipinski definition) is 3. The summed E-state index contributed by atoms with van der Waals surface area (Å²) in [5.41, 5.74) is 2.68. The maximum Gasteiger partial charge on any atom is 0.407 e. The largest absolute Gasteiger partial charge is 0.497 e. The first-order valence-corrected chi connectivity index (χ1v) is 15.9. The molecule has 2 aromatic carbocycles. The number of carbonyl (C=O) groups is 2. The van der Waals surface area contributed by atoms with Crippen molar-refractivity contribution in [1.29, 1.82) is 0 Å². The van der Waals surface area contributed by atoms with Crippen molar-refractivity contribution in [3.63, 3.8) is 0 Å². The van der Waals surface area contributed by atoms with Crippen molar-refractivity contribution in [3.8, 4) is 23.1 Å². The van der Waals surface area contributed by atoms with Gasteiger partial charge in [0.05, 0.1) is 25.9 Å². The van der Waals surface area contributed by atoms with Crippen LogP contribution in [0.2, 0.25) is 0 Å². The Kier molecular flexibility index (Phi) is 10.1. The Morgan fingerprint density at radius 3 is 2.58 bits per heavy atom. The maximum absolute atomic E-state index is 13.3. The van der Waals surface area contributed by atoms with E-state index in [0.29, 0.717) is 49.1 Å². The number of anilines is 1. The zero-order chi connectivity index (χ0) is 33.6. The summed E-state index contributed by atoms with van der Waals surface area (Å²) >= 11 is 0. The van der Waals surface area contributed by atoms with E-state index in [1.54, 1.807) is 32.4 Å². The number of aromatic nitrogens is 4. The molecule has 0 spiro atoms. The average Bonchev–Trinajstić information content (AvgIpc) is 3.89. The maximum atomic E-state index is 13.3. The van der Waals surface area contributed by atoms with Gasteiger partial charge in [-0.15, -0.1) is 5.10 Å². The Hall–Kier alpha value is -5.08. The van der Waals surface area contributed by atoms with Crippen molar-refractivity contribution < 1.29 is 38.0 Å². The van der Waals surface area contributed by atoms with Gasteiger partial charge in [0.1, 0.15) is 35.7 Å². The summed E-state index contributed by atoms with van der Waals surface area (Å²) in [7, 11) is 3.28. The number of H-pyrrole nitrogens is 1. The van der Waals surface area contributed by atoms with Crippen molar-refractivity contribution in [2.45, 2.75) is 64.1 Å². The predicted molar refractivity (Wildman–Crippen MR) is 173 cm³/mol. The first-order chi connectivity index (χ1) is 23.2. The normalized spacial score (nSPS) is 17.8. The van der Waals surface area contributed by atoms with Gasteiger partial charge in [0.2, 0.25) is 5.88 Å². The van der Waals surface area contributed by atoms with Crippen LogP contribution in [-0.2, 0) is 27.9 Å². The first kappa shape index (κ1) is 32.8. The molecule has 14 heteroatoms. The molecule has 3 N–H and O–H groups in total. The lowest BCUT2D eigenvalue weighted by molar-refractivity contribution is -0.0470. The number of ether oxygens (including phenoxy) is 6. The fourth-order valence-electron chi connectivity index (χ4n) is 5.74. The van der Waals surface area contributed by atoms with Crippen molar-refractivity contribution in [1.82, 2.24) is 25.3 Å². The molecular weight excluding hydrogens is 620 g/mol. The molecule has 0 radical (unpaired) electrons. The zero-order valence-electron chi connectivity index (χ0n) is 27.4. The standard InChI is InChI=1S/C34H40N6O8/c1-20(2)35-34(42)47-24-13-10-22(16-24)25-17-29(38-37-25)36-32(41)26-18-30(39-40(26)3)48-28-7-5-6-27(31(28)33-44-14-15-45-33)46-19-21-8-11-23(43-4)12-9-21/h5-9,11-12,17-18,20,22,24,33H,10,13-16,19H2,1-4H3,(H,35,42)(H2,36,37,38,41)/t22-,24+/m0/s1. The fraction of sp³-hybridized carbons (Fsp3) is 0.412. The number of aryl methyl sites for hydroxylation is 1. The van der Waals surface area contributed by atoms with Gasteiger partial charge < -0.3 is 39.1 Å². The Bertz CT molecular complexity index is 1710. The summed E-state index contributed by atoms with van der Waals surface area (Å²) in [4.78, 5) is 25.3. The smallest absolute Gasteiger partial charge is 0.407 e. The first-order valence-electron chi connectivity index (χ1n) is 15.9. The average molecular weight is 661 g/mol. The molecule has 1 saturated carbocycles. The summed E-state index contributed by atoms with van der Waals surface area (Å²) in [5, 5.41) is 17.3. The van der Waals surface area contributed by atoms with Crippen LogP contribution >= 0.6 is 0 Å². The van der Waals surface area contributed by atoms with E-state index in [9.17, 15) is 9.59 Å². The lowest BCUT2D eigenvalue weighted by Gasteiger charge is -2.19. The van der Waals surface area contributed by atoms with Gasteiger partial charge in [-0.3, -0.25) is 14.6 Å². The van der Waals surface area contributed by atoms with E-state index in [1.165, 1.54) is 4.68 Å². The van der Waals surface area contributed by atoms with E-state index in [0.717, 1.165) is 29.8 Å². The molecule has 2 fully saturated rings. The molecule has 2 atom stereocenters. The van der Waals surface area contributed by atoms with Gasteiger partial charge in [-0.1, -0.05) is 18.2 Å². The van der Waals surface area contributed by atoms with Gasteiger partial charge >= 0.3 is 6.09 Å². The third-order valence-electron chi connectivity index (χ3n) is 8.09. The summed E-state index contributed by atoms with van der Waals surface area (Å²) in [6, 6.07) is 16.4. The number of aromatic amines is 1. The molecule has 0 unspecified atom stereocenters. The third kappa shape index (κ3) is 7.89. The predicted octanol–water partition coefficient (Wildman–Crippen LogP) is 5.59. The number of benzene rings is 2. The van der Waals surface area contributed by atoms with Gasteiger partial charge in [-0.25, -0.2) is 4.79 Å². The Morgan fingerprint density at radius 1 is 1.06 bits per heavy atom. The number of rotatable bonds is 12. The van der Waals surface area contributed by atoms with Crippen molar-refractivity contribution in [3.05, 3.63) is 77.1 Å². The van der Waals surface area contributed by atoms with Crippen LogP contribution in [-0.4, -0.2) is 64.4 Å². The topological polar surface area (TPSA) is 160 Å². The van der Waals surface area contributed by atoms with E-state index >= 15 is 0 Å². The SMILES string of the molecule is COc1ccc(COc2cccc(Oc3cc(C(=O)Nc4cc([C@H]5CC[C@@H](OC(=O)NC(C)C)C5)[nH]n4)n(C)n3)c2C2OCCO2)cc1. The molecule has 1 aliphatic heterocycles. The zero-order valence-corrected chi connectivity index (χ0v) is 27.4. The van der Waals surface area contributed by atoms with Gasteiger partial charge in [-0.2, -0.15) is 5.10 Å². The highest BCUT2D eigenvalue weighted by atomic mass is 16.7. The van der Waals surface area contributed by atoms with E-state index < -0.39 is 18.3 Å². The molecule has 254 valence electrons. The van der Waals surface area contributed by atoms with E-state index in [2.05, 4.69) is 25.9 Å². The molecule has 2 aliphatic rings. The number of carbonyl (C=O) groups excluding carboxylic acids is 2. The molecule has 3 heterocycles. The van der Waals surface area contributed by atoms with Gasteiger partial charge in [0.15, 0.2) is 12.1 Å². The van der Waals surface area contributed by atoms with Crippen LogP contribution in [0.1, 0.15) is 72.6 Å². The van der Waals surface area contributed by atoms with Crippen LogP contribution in [0, 0.1) is 0 Å². The van der Waals surface area contributed by atoms with Crippen LogP contribution in [0.15, 0.2) is 54.6 Å². The number of alkyl carbamates (subject to hydrolysis) is 1. The van der Waals surface area contributed by atoms with Gasteiger partial charge in [0, 0.05) is 36.8 Å². The molecule has 4 aromatic rings. The number of hydrogen-bond acceptors (Lipinski definition) is 10. The Balaban J connectivity index is 1.11. The van der Waals surface area contributed by atoms with Crippen LogP contribution in [0.25, 0.3) is 0 Å². The van der Waals surface area contributed by atoms with E-state index in [4.69, 9.17) is 28.4 Å². The summed E-state index contributed by atoms with van der Waals surface area (Å²) in [6.07, 6.45) is 1.00. The molecular formula is C34H40N6O8. The fourth-order valence-corrected chi connectivity index (χ4v) is 5.74. The van der Waals surface area contributed by atoms with Crippen molar-refractivity contribution >= 4 is 17.8 Å². The van der Waals surface area contributed by atoms with Crippen molar-refractivity contribution in [2.75, 3.05) is 25.6 Å². The lowest BCUT2D eigenvalue weighted by atomic mass is 10.0. The summed E-state index contributed by atoms with van der Waals surface area (Å²) < 4.78 is 36.3. The summed E-state index contributed by atoms with van der Waals surface area (Å²) in [5.74, 6) is 2.04. The Morgan fingerprint density at radius 2 is 1.83 bits per heavy atom. The molecule has 1 saturated heterocycles. The highest BCUT2D eigenvalue weighted by Crippen LogP contribution is 2.41. The van der Waals surface area contributed by atoms with Crippen LogP contribution in [0.4, 0.5) is 10.6 Å². The second-order valence-electron chi connectivity index (χ2n) is 12.0. The second-order valence-corrected chi connectivity index (χ2v) is 12.0. The monoisotopic (exact) mass is 660 g/mol. The third-order valence-corrected chi connectivity index (χ3v) is 8.09. The second kappa shape index (κ2) is 14.8. The number of amides is 2. The minimum absolute atomic E-state index is 0.0104. The molecule has 1 aliphatic carbocycles. The minimum Gasteiger partial charge on any atom is -0.497 e. The number of nitrogens with one attached hydrogen (secondary N) is 3. The van der Waals surface area contributed by atoms with E-state index in [-0.39, 0.29) is 29.6 Å². The van der Waals surface area contributed by atoms with Crippen LogP contribution in [0.3, 0.4) is 0 Å². The Labute approximate surface area is 278 Å². The quantitative estimate of drug-likeness (QED) is 0.175. The van der Waals surface area contributed by atoms with Gasteiger partial charge in [0.25, 0.3) is 5.91 Å². The molecule has 2 aromatic heterocycles. The molecule has 48 heavy (non-hydrogen) atoms. The number of nitrogens with zero attached hydrogens (tertiary/aromatic N) is 3. The number of methoxy groups -OCH3 is 1. The molecule has 0 bridgehead atoms. The van der Waals surface area contributed by atoms with Gasteiger partial charge in [-0.05, 0) is 62.9 Å².